The van der Waals surface area contributed by atoms with Crippen LogP contribution in [0.2, 0.25) is 0 Å². The van der Waals surface area contributed by atoms with Crippen LogP contribution in [0.5, 0.6) is 0 Å². The average molecular weight is 387 g/mol. The SMILES string of the molecule is CC(C)(O)C(C)(C)O.CCS(C)(OCCc1ccc(C)cc1)C(C)(C)C. The molecule has 1 aromatic carbocycles. The third-order valence-electron chi connectivity index (χ3n) is 5.20. The van der Waals surface area contributed by atoms with Gasteiger partial charge in [0, 0.05) is 4.75 Å². The highest BCUT2D eigenvalue weighted by molar-refractivity contribution is 8.30. The van der Waals surface area contributed by atoms with Crippen LogP contribution in [0.3, 0.4) is 0 Å². The smallest absolute Gasteiger partial charge is 0.0872 e. The number of hydrogen-bond acceptors (Lipinski definition) is 3. The predicted molar refractivity (Wildman–Crippen MR) is 117 cm³/mol. The van der Waals surface area contributed by atoms with Crippen molar-refractivity contribution in [2.75, 3.05) is 18.6 Å². The predicted octanol–water partition coefficient (Wildman–Crippen LogP) is 5.25. The van der Waals surface area contributed by atoms with Gasteiger partial charge in [-0.15, -0.1) is 10.3 Å². The number of benzene rings is 1. The van der Waals surface area contributed by atoms with Crippen molar-refractivity contribution < 1.29 is 14.4 Å². The molecule has 0 fully saturated rings. The molecule has 1 aromatic rings. The van der Waals surface area contributed by atoms with E-state index in [0.29, 0.717) is 0 Å². The van der Waals surface area contributed by atoms with Crippen molar-refractivity contribution in [3.8, 4) is 0 Å². The van der Waals surface area contributed by atoms with Crippen LogP contribution in [0.15, 0.2) is 24.3 Å². The quantitative estimate of drug-likeness (QED) is 0.702. The first-order chi connectivity index (χ1) is 11.5. The van der Waals surface area contributed by atoms with Gasteiger partial charge in [-0.3, -0.25) is 0 Å². The molecule has 1 unspecified atom stereocenters. The Bertz CT molecular complexity index is 506. The summed E-state index contributed by atoms with van der Waals surface area (Å²) in [5.74, 6) is 1.13. The lowest BCUT2D eigenvalue weighted by molar-refractivity contribution is -0.107. The molecule has 0 radical (unpaired) electrons. The van der Waals surface area contributed by atoms with Crippen LogP contribution in [0.4, 0.5) is 0 Å². The van der Waals surface area contributed by atoms with Gasteiger partial charge in [-0.2, -0.15) is 0 Å². The fraction of sp³-hybridized carbons (Fsp3) is 0.727. The maximum atomic E-state index is 9.10. The molecule has 3 nitrogen and oxygen atoms in total. The zero-order valence-electron chi connectivity index (χ0n) is 18.6. The number of hydrogen-bond donors (Lipinski definition) is 2. The fourth-order valence-electron chi connectivity index (χ4n) is 1.79. The Morgan fingerprint density at radius 1 is 0.885 bits per heavy atom. The lowest BCUT2D eigenvalue weighted by Gasteiger charge is -2.46. The molecule has 4 heteroatoms. The second kappa shape index (κ2) is 9.59. The molecule has 0 bridgehead atoms. The molecule has 0 aliphatic carbocycles. The van der Waals surface area contributed by atoms with Gasteiger partial charge in [0.05, 0.1) is 17.8 Å². The Hall–Kier alpha value is -0.550. The first kappa shape index (κ1) is 25.4. The van der Waals surface area contributed by atoms with Gasteiger partial charge >= 0.3 is 0 Å². The zero-order valence-corrected chi connectivity index (χ0v) is 19.5. The van der Waals surface area contributed by atoms with Gasteiger partial charge in [0.1, 0.15) is 0 Å². The minimum Gasteiger partial charge on any atom is -0.387 e. The molecule has 0 aliphatic rings. The summed E-state index contributed by atoms with van der Waals surface area (Å²) in [6.07, 6.45) is 3.32. The van der Waals surface area contributed by atoms with Gasteiger partial charge in [0.25, 0.3) is 0 Å². The van der Waals surface area contributed by atoms with E-state index in [4.69, 9.17) is 14.4 Å². The minimum atomic E-state index is -1.01. The van der Waals surface area contributed by atoms with E-state index in [1.165, 1.54) is 11.1 Å². The molecular weight excluding hydrogens is 344 g/mol. The highest BCUT2D eigenvalue weighted by Crippen LogP contribution is 2.56. The molecular formula is C22H42O3S. The monoisotopic (exact) mass is 386 g/mol. The van der Waals surface area contributed by atoms with E-state index in [1.807, 2.05) is 0 Å². The van der Waals surface area contributed by atoms with Gasteiger partial charge in [-0.25, -0.2) is 0 Å². The van der Waals surface area contributed by atoms with Crippen LogP contribution in [0.1, 0.15) is 66.5 Å². The minimum absolute atomic E-state index is 0.259. The largest absolute Gasteiger partial charge is 0.387 e. The fourth-order valence-corrected chi connectivity index (χ4v) is 3.63. The Morgan fingerprint density at radius 3 is 1.62 bits per heavy atom. The van der Waals surface area contributed by atoms with E-state index >= 15 is 0 Å². The second-order valence-electron chi connectivity index (χ2n) is 9.08. The molecule has 0 amide bonds. The third kappa shape index (κ3) is 8.43. The van der Waals surface area contributed by atoms with Gasteiger partial charge in [0.15, 0.2) is 0 Å². The molecule has 154 valence electrons. The second-order valence-corrected chi connectivity index (χ2v) is 13.1. The summed E-state index contributed by atoms with van der Waals surface area (Å²) in [6.45, 7) is 18.4. The van der Waals surface area contributed by atoms with Crippen molar-refractivity contribution >= 4 is 10.3 Å². The first-order valence-electron chi connectivity index (χ1n) is 9.44. The van der Waals surface area contributed by atoms with Crippen molar-refractivity contribution in [1.29, 1.82) is 0 Å². The molecule has 0 aliphatic heterocycles. The van der Waals surface area contributed by atoms with Crippen LogP contribution >= 0.6 is 10.3 Å². The summed E-state index contributed by atoms with van der Waals surface area (Å²) in [7, 11) is -0.971. The zero-order chi connectivity index (χ0) is 20.8. The Balaban J connectivity index is 0.000000660. The first-order valence-corrected chi connectivity index (χ1v) is 11.6. The molecule has 0 spiro atoms. The summed E-state index contributed by atoms with van der Waals surface area (Å²) in [4.78, 5) is 0. The van der Waals surface area contributed by atoms with E-state index in [9.17, 15) is 0 Å². The van der Waals surface area contributed by atoms with Crippen LogP contribution in [-0.4, -0.2) is 44.8 Å². The molecule has 1 atom stereocenters. The molecule has 1 rings (SSSR count). The molecule has 0 saturated carbocycles. The van der Waals surface area contributed by atoms with Gasteiger partial charge in [0.2, 0.25) is 0 Å². The summed E-state index contributed by atoms with van der Waals surface area (Å²) < 4.78 is 6.52. The third-order valence-corrected chi connectivity index (χ3v) is 9.58. The van der Waals surface area contributed by atoms with Crippen molar-refractivity contribution in [2.45, 2.75) is 84.7 Å². The number of rotatable bonds is 6. The van der Waals surface area contributed by atoms with Crippen molar-refractivity contribution in [2.24, 2.45) is 0 Å². The van der Waals surface area contributed by atoms with E-state index < -0.39 is 21.5 Å². The summed E-state index contributed by atoms with van der Waals surface area (Å²) in [6, 6.07) is 8.75. The van der Waals surface area contributed by atoms with Gasteiger partial charge in [-0.1, -0.05) is 57.5 Å². The lowest BCUT2D eigenvalue weighted by Crippen LogP contribution is -2.44. The van der Waals surface area contributed by atoms with Crippen LogP contribution in [0.25, 0.3) is 0 Å². The number of aryl methyl sites for hydroxylation is 1. The maximum Gasteiger partial charge on any atom is 0.0872 e. The Morgan fingerprint density at radius 2 is 1.31 bits per heavy atom. The van der Waals surface area contributed by atoms with E-state index in [-0.39, 0.29) is 4.75 Å². The topological polar surface area (TPSA) is 49.7 Å². The molecule has 2 N–H and O–H groups in total. The van der Waals surface area contributed by atoms with E-state index in [0.717, 1.165) is 18.8 Å². The highest BCUT2D eigenvalue weighted by atomic mass is 32.3. The number of aliphatic hydroxyl groups is 2. The average Bonchev–Trinajstić information content (AvgIpc) is 2.46. The molecule has 0 heterocycles. The van der Waals surface area contributed by atoms with Crippen LogP contribution in [0, 0.1) is 6.92 Å². The van der Waals surface area contributed by atoms with E-state index in [2.05, 4.69) is 65.1 Å². The Kier molecular flexibility index (Phi) is 9.38. The Labute approximate surface area is 163 Å². The van der Waals surface area contributed by atoms with Gasteiger partial charge in [-0.05, 0) is 58.6 Å². The molecule has 0 saturated heterocycles. The maximum absolute atomic E-state index is 9.10. The summed E-state index contributed by atoms with van der Waals surface area (Å²) in [5.41, 5.74) is 0.672. The van der Waals surface area contributed by atoms with Crippen molar-refractivity contribution in [3.63, 3.8) is 0 Å². The summed E-state index contributed by atoms with van der Waals surface area (Å²) >= 11 is 0. The summed E-state index contributed by atoms with van der Waals surface area (Å²) in [5, 5.41) is 18.2. The van der Waals surface area contributed by atoms with Crippen LogP contribution < -0.4 is 0 Å². The van der Waals surface area contributed by atoms with E-state index in [1.54, 1.807) is 27.7 Å². The lowest BCUT2D eigenvalue weighted by atomic mass is 9.90. The van der Waals surface area contributed by atoms with Crippen LogP contribution in [-0.2, 0) is 10.6 Å². The van der Waals surface area contributed by atoms with Gasteiger partial charge < -0.3 is 14.4 Å². The highest BCUT2D eigenvalue weighted by Gasteiger charge is 2.32. The standard InChI is InChI=1S/C16H28OS.C6H14O2/c1-7-18(6,16(3,4)5)17-13-12-15-10-8-14(2)9-11-15;1-5(2,7)6(3,4)8/h8-11H,7,12-13H2,1-6H3;7-8H,1-4H3. The normalized spacial score (nSPS) is 16.3. The molecule has 0 aromatic heterocycles. The van der Waals surface area contributed by atoms with Crippen molar-refractivity contribution in [1.82, 2.24) is 0 Å². The van der Waals surface area contributed by atoms with Crippen molar-refractivity contribution in [3.05, 3.63) is 35.4 Å². The molecule has 26 heavy (non-hydrogen) atoms.